The Labute approximate surface area is 87.4 Å². The van der Waals surface area contributed by atoms with Gasteiger partial charge in [-0.15, -0.1) is 0 Å². The highest BCUT2D eigenvalue weighted by molar-refractivity contribution is 9.02. The molecule has 0 aliphatic carbocycles. The quantitative estimate of drug-likeness (QED) is 0.436. The summed E-state index contributed by atoms with van der Waals surface area (Å²) in [6.45, 7) is 0. The number of hydrogen-bond donors (Lipinski definition) is 0. The van der Waals surface area contributed by atoms with Gasteiger partial charge in [-0.05, 0) is 26.5 Å². The Morgan fingerprint density at radius 2 is 1.58 bits per heavy atom. The van der Waals surface area contributed by atoms with Crippen molar-refractivity contribution in [1.82, 2.24) is 0 Å². The third-order valence-corrected chi connectivity index (χ3v) is 11.0. The van der Waals surface area contributed by atoms with Gasteiger partial charge in [0.05, 0.1) is 0 Å². The van der Waals surface area contributed by atoms with E-state index in [0.29, 0.717) is 0 Å². The van der Waals surface area contributed by atoms with Gasteiger partial charge in [-0.25, -0.2) is 0 Å². The van der Waals surface area contributed by atoms with Gasteiger partial charge < -0.3 is 0 Å². The summed E-state index contributed by atoms with van der Waals surface area (Å²) in [7, 11) is 6.66. The number of hydrogen-bond acceptors (Lipinski definition) is 2. The van der Waals surface area contributed by atoms with E-state index in [1.54, 1.807) is 0 Å². The standard InChI is InChI=1S/C8H18P2S2/c1-2-4-6-8-11-12-10-9-7-5-3-1/h9-10H,1-8H2. The molecule has 0 aromatic carbocycles. The predicted octanol–water partition coefficient (Wildman–Crippen LogP) is 4.91. The van der Waals surface area contributed by atoms with Gasteiger partial charge in [0, 0.05) is 5.75 Å². The van der Waals surface area contributed by atoms with E-state index in [-0.39, 0.29) is 0 Å². The average Bonchev–Trinajstić information content (AvgIpc) is 2.05. The highest BCUT2D eigenvalue weighted by Gasteiger charge is 1.96. The van der Waals surface area contributed by atoms with Crippen LogP contribution in [-0.4, -0.2) is 11.9 Å². The molecule has 1 aliphatic heterocycles. The first kappa shape index (κ1) is 11.6. The molecule has 0 aromatic heterocycles. The largest absolute Gasteiger partial charge is 0.0895 e. The van der Waals surface area contributed by atoms with Crippen molar-refractivity contribution in [2.24, 2.45) is 0 Å². The van der Waals surface area contributed by atoms with E-state index in [2.05, 4.69) is 21.2 Å². The normalized spacial score (nSPS) is 28.0. The molecule has 0 radical (unpaired) electrons. The summed E-state index contributed by atoms with van der Waals surface area (Å²) in [6.07, 6.45) is 10.4. The van der Waals surface area contributed by atoms with Crippen LogP contribution < -0.4 is 0 Å². The van der Waals surface area contributed by atoms with Gasteiger partial charge in [0.25, 0.3) is 0 Å². The summed E-state index contributed by atoms with van der Waals surface area (Å²) in [5.41, 5.74) is 0. The fourth-order valence-electron chi connectivity index (χ4n) is 1.23. The smallest absolute Gasteiger partial charge is 0.00401 e. The Morgan fingerprint density at radius 1 is 0.833 bits per heavy atom. The molecule has 1 heterocycles. The highest BCUT2D eigenvalue weighted by Crippen LogP contribution is 2.54. The summed E-state index contributed by atoms with van der Waals surface area (Å²) in [5.74, 6) is 1.39. The Balaban J connectivity index is 2.00. The van der Waals surface area contributed by atoms with Gasteiger partial charge in [0.2, 0.25) is 0 Å². The minimum atomic E-state index is 1.18. The van der Waals surface area contributed by atoms with Crippen LogP contribution in [-0.2, 0) is 0 Å². The molecular formula is C8H18P2S2. The second kappa shape index (κ2) is 9.13. The monoisotopic (exact) mass is 240 g/mol. The molecule has 0 nitrogen and oxygen atoms in total. The Morgan fingerprint density at radius 3 is 2.50 bits per heavy atom. The van der Waals surface area contributed by atoms with E-state index < -0.39 is 0 Å². The van der Waals surface area contributed by atoms with Crippen molar-refractivity contribution in [3.8, 4) is 0 Å². The maximum atomic E-state index is 2.12. The first-order valence-corrected chi connectivity index (χ1v) is 11.0. The molecule has 12 heavy (non-hydrogen) atoms. The topological polar surface area (TPSA) is 0 Å². The summed E-state index contributed by atoms with van der Waals surface area (Å²) in [5, 5.41) is 0. The van der Waals surface area contributed by atoms with Crippen LogP contribution in [0, 0.1) is 0 Å². The lowest BCUT2D eigenvalue weighted by atomic mass is 10.1. The highest BCUT2D eigenvalue weighted by atomic mass is 33.4. The van der Waals surface area contributed by atoms with Gasteiger partial charge >= 0.3 is 0 Å². The predicted molar refractivity (Wildman–Crippen MR) is 69.2 cm³/mol. The van der Waals surface area contributed by atoms with E-state index in [1.807, 2.05) is 0 Å². The lowest BCUT2D eigenvalue weighted by Crippen LogP contribution is -1.82. The Hall–Kier alpha value is 1.56. The Bertz CT molecular complexity index is 58.0. The van der Waals surface area contributed by atoms with E-state index in [1.165, 1.54) is 66.2 Å². The molecule has 0 bridgehead atoms. The van der Waals surface area contributed by atoms with Crippen molar-refractivity contribution in [3.63, 3.8) is 0 Å². The van der Waals surface area contributed by atoms with Crippen molar-refractivity contribution in [2.75, 3.05) is 11.9 Å². The van der Waals surface area contributed by atoms with Gasteiger partial charge in [0.1, 0.15) is 0 Å². The summed E-state index contributed by atoms with van der Waals surface area (Å²) in [4.78, 5) is 0. The van der Waals surface area contributed by atoms with Crippen LogP contribution in [0.2, 0.25) is 0 Å². The van der Waals surface area contributed by atoms with Crippen molar-refractivity contribution in [3.05, 3.63) is 0 Å². The second-order valence-corrected chi connectivity index (χ2v) is 11.1. The van der Waals surface area contributed by atoms with Crippen LogP contribution in [0.4, 0.5) is 0 Å². The van der Waals surface area contributed by atoms with Crippen LogP contribution in [0.5, 0.6) is 0 Å². The van der Waals surface area contributed by atoms with Crippen LogP contribution in [0.25, 0.3) is 0 Å². The van der Waals surface area contributed by atoms with E-state index in [4.69, 9.17) is 0 Å². The molecule has 0 aromatic rings. The minimum Gasteiger partial charge on any atom is -0.0895 e. The molecule has 0 saturated carbocycles. The summed E-state index contributed by atoms with van der Waals surface area (Å²) < 4.78 is 0. The van der Waals surface area contributed by atoms with Gasteiger partial charge in [-0.1, -0.05) is 55.2 Å². The summed E-state index contributed by atoms with van der Waals surface area (Å²) >= 11 is 0. The third-order valence-electron chi connectivity index (χ3n) is 1.95. The van der Waals surface area contributed by atoms with E-state index >= 15 is 0 Å². The lowest BCUT2D eigenvalue weighted by molar-refractivity contribution is 0.629. The zero-order valence-corrected chi connectivity index (χ0v) is 11.1. The fraction of sp³-hybridized carbons (Fsp3) is 1.00. The molecule has 1 aliphatic rings. The molecule has 1 rings (SSSR count). The van der Waals surface area contributed by atoms with Crippen LogP contribution in [0.15, 0.2) is 0 Å². The van der Waals surface area contributed by atoms with Gasteiger partial charge in [-0.3, -0.25) is 0 Å². The first-order valence-electron chi connectivity index (χ1n) is 4.76. The van der Waals surface area contributed by atoms with Crippen molar-refractivity contribution in [1.29, 1.82) is 0 Å². The number of rotatable bonds is 0. The molecule has 72 valence electrons. The van der Waals surface area contributed by atoms with E-state index in [9.17, 15) is 0 Å². The summed E-state index contributed by atoms with van der Waals surface area (Å²) in [6, 6.07) is 0. The first-order chi connectivity index (χ1) is 6.00. The third kappa shape index (κ3) is 7.01. The molecule has 0 N–H and O–H groups in total. The van der Waals surface area contributed by atoms with Crippen LogP contribution >= 0.6 is 36.9 Å². The average molecular weight is 240 g/mol. The zero-order valence-electron chi connectivity index (χ0n) is 7.47. The van der Waals surface area contributed by atoms with Gasteiger partial charge in [0.15, 0.2) is 0 Å². The minimum absolute atomic E-state index is 1.18. The fourth-order valence-corrected chi connectivity index (χ4v) is 9.99. The van der Waals surface area contributed by atoms with Crippen molar-refractivity contribution >= 4 is 36.9 Å². The molecule has 1 fully saturated rings. The maximum absolute atomic E-state index is 2.12. The van der Waals surface area contributed by atoms with Crippen LogP contribution in [0.3, 0.4) is 0 Å². The molecule has 2 unspecified atom stereocenters. The molecular weight excluding hydrogens is 222 g/mol. The second-order valence-electron chi connectivity index (χ2n) is 3.06. The molecule has 1 saturated heterocycles. The SMILES string of the molecule is C1CCCCSSPPCCC1. The molecule has 0 amide bonds. The lowest BCUT2D eigenvalue weighted by Gasteiger charge is -2.05. The Kier molecular flexibility index (Phi) is 8.85. The van der Waals surface area contributed by atoms with E-state index in [0.717, 1.165) is 0 Å². The van der Waals surface area contributed by atoms with Gasteiger partial charge in [-0.2, -0.15) is 0 Å². The molecule has 4 heteroatoms. The van der Waals surface area contributed by atoms with Crippen molar-refractivity contribution in [2.45, 2.75) is 38.5 Å². The van der Waals surface area contributed by atoms with Crippen molar-refractivity contribution < 1.29 is 0 Å². The molecule has 2 atom stereocenters. The maximum Gasteiger partial charge on any atom is 0.00401 e. The van der Waals surface area contributed by atoms with Crippen LogP contribution in [0.1, 0.15) is 38.5 Å². The zero-order chi connectivity index (χ0) is 8.49. The molecule has 0 spiro atoms.